The highest BCUT2D eigenvalue weighted by Crippen LogP contribution is 2.08. The van der Waals surface area contributed by atoms with Gasteiger partial charge in [-0.25, -0.2) is 4.39 Å². The fraction of sp³-hybridized carbons (Fsp3) is 0.235. The second-order valence-electron chi connectivity index (χ2n) is 4.95. The van der Waals surface area contributed by atoms with Gasteiger partial charge in [-0.1, -0.05) is 35.9 Å². The summed E-state index contributed by atoms with van der Waals surface area (Å²) in [4.78, 5) is 11.7. The zero-order valence-electron chi connectivity index (χ0n) is 12.0. The molecule has 0 bridgehead atoms. The molecule has 2 aromatic rings. The molecule has 0 aliphatic carbocycles. The maximum Gasteiger partial charge on any atom is 0.222 e. The quantitative estimate of drug-likeness (QED) is 0.856. The monoisotopic (exact) mass is 286 g/mol. The largest absolute Gasteiger partial charge is 0.384 e. The standard InChI is InChI=1S/C17H19FN2O/c1-13-4-2-5-14(10-13)12-20-17(21)8-9-19-16-7-3-6-15(18)11-16/h2-7,10-11,19H,8-9,12H2,1H3,(H,20,21). The molecule has 0 spiro atoms. The highest BCUT2D eigenvalue weighted by molar-refractivity contribution is 5.76. The molecule has 4 heteroatoms. The van der Waals surface area contributed by atoms with Gasteiger partial charge in [0.25, 0.3) is 0 Å². The van der Waals surface area contributed by atoms with Gasteiger partial charge in [0.2, 0.25) is 5.91 Å². The molecule has 0 radical (unpaired) electrons. The number of rotatable bonds is 6. The number of anilines is 1. The van der Waals surface area contributed by atoms with Gasteiger partial charge in [-0.2, -0.15) is 0 Å². The predicted octanol–water partition coefficient (Wildman–Crippen LogP) is 3.25. The molecule has 3 nitrogen and oxygen atoms in total. The molecule has 0 fully saturated rings. The third-order valence-corrected chi connectivity index (χ3v) is 3.08. The minimum atomic E-state index is -0.288. The van der Waals surface area contributed by atoms with Crippen LogP contribution in [0.4, 0.5) is 10.1 Å². The van der Waals surface area contributed by atoms with E-state index in [2.05, 4.69) is 10.6 Å². The van der Waals surface area contributed by atoms with E-state index >= 15 is 0 Å². The minimum Gasteiger partial charge on any atom is -0.384 e. The Morgan fingerprint density at radius 3 is 2.71 bits per heavy atom. The van der Waals surface area contributed by atoms with E-state index in [0.717, 1.165) is 5.56 Å². The van der Waals surface area contributed by atoms with E-state index in [9.17, 15) is 9.18 Å². The molecule has 0 unspecified atom stereocenters. The molecule has 2 rings (SSSR count). The Balaban J connectivity index is 1.70. The van der Waals surface area contributed by atoms with Crippen molar-refractivity contribution >= 4 is 11.6 Å². The van der Waals surface area contributed by atoms with Crippen molar-refractivity contribution in [2.75, 3.05) is 11.9 Å². The first-order chi connectivity index (χ1) is 10.1. The smallest absolute Gasteiger partial charge is 0.222 e. The molecule has 21 heavy (non-hydrogen) atoms. The van der Waals surface area contributed by atoms with Gasteiger partial charge < -0.3 is 10.6 Å². The molecule has 1 amide bonds. The Bertz CT molecular complexity index is 613. The molecule has 0 saturated carbocycles. The lowest BCUT2D eigenvalue weighted by Gasteiger charge is -2.08. The van der Waals surface area contributed by atoms with Crippen molar-refractivity contribution in [1.29, 1.82) is 0 Å². The lowest BCUT2D eigenvalue weighted by Crippen LogP contribution is -2.24. The van der Waals surface area contributed by atoms with Gasteiger partial charge in [0, 0.05) is 25.2 Å². The first-order valence-electron chi connectivity index (χ1n) is 6.95. The Hall–Kier alpha value is -2.36. The van der Waals surface area contributed by atoms with Gasteiger partial charge in [-0.15, -0.1) is 0 Å². The van der Waals surface area contributed by atoms with E-state index in [1.165, 1.54) is 17.7 Å². The SMILES string of the molecule is Cc1cccc(CNC(=O)CCNc2cccc(F)c2)c1. The molecule has 0 aromatic heterocycles. The van der Waals surface area contributed by atoms with Gasteiger partial charge in [0.15, 0.2) is 0 Å². The molecular formula is C17H19FN2O. The summed E-state index contributed by atoms with van der Waals surface area (Å²) < 4.78 is 13.0. The molecular weight excluding hydrogens is 267 g/mol. The third kappa shape index (κ3) is 5.26. The van der Waals surface area contributed by atoms with Crippen LogP contribution in [0.2, 0.25) is 0 Å². The number of halogens is 1. The molecule has 2 aromatic carbocycles. The van der Waals surface area contributed by atoms with Crippen LogP contribution in [0.25, 0.3) is 0 Å². The molecule has 0 heterocycles. The maximum atomic E-state index is 13.0. The molecule has 110 valence electrons. The number of hydrogen-bond donors (Lipinski definition) is 2. The van der Waals surface area contributed by atoms with E-state index in [0.29, 0.717) is 25.2 Å². The number of aryl methyl sites for hydroxylation is 1. The Kier molecular flexibility index (Phi) is 5.32. The Morgan fingerprint density at radius 1 is 1.14 bits per heavy atom. The zero-order chi connectivity index (χ0) is 15.1. The van der Waals surface area contributed by atoms with Gasteiger partial charge in [-0.05, 0) is 30.7 Å². The van der Waals surface area contributed by atoms with Crippen LogP contribution in [0.5, 0.6) is 0 Å². The summed E-state index contributed by atoms with van der Waals surface area (Å²) in [5, 5.41) is 5.89. The van der Waals surface area contributed by atoms with Gasteiger partial charge >= 0.3 is 0 Å². The van der Waals surface area contributed by atoms with E-state index in [4.69, 9.17) is 0 Å². The van der Waals surface area contributed by atoms with Crippen molar-refractivity contribution in [3.8, 4) is 0 Å². The number of nitrogens with one attached hydrogen (secondary N) is 2. The second kappa shape index (κ2) is 7.43. The first kappa shape index (κ1) is 15.0. The predicted molar refractivity (Wildman–Crippen MR) is 82.5 cm³/mol. The number of hydrogen-bond acceptors (Lipinski definition) is 2. The van der Waals surface area contributed by atoms with Crippen LogP contribution >= 0.6 is 0 Å². The van der Waals surface area contributed by atoms with Crippen molar-refractivity contribution in [3.05, 3.63) is 65.5 Å². The molecule has 0 atom stereocenters. The van der Waals surface area contributed by atoms with Crippen molar-refractivity contribution in [1.82, 2.24) is 5.32 Å². The summed E-state index contributed by atoms with van der Waals surface area (Å²) in [6.45, 7) is 3.03. The van der Waals surface area contributed by atoms with Gasteiger partial charge in [0.05, 0.1) is 0 Å². The second-order valence-corrected chi connectivity index (χ2v) is 4.95. The van der Waals surface area contributed by atoms with Crippen LogP contribution in [-0.4, -0.2) is 12.5 Å². The third-order valence-electron chi connectivity index (χ3n) is 3.08. The van der Waals surface area contributed by atoms with Gasteiger partial charge in [0.1, 0.15) is 5.82 Å². The summed E-state index contributed by atoms with van der Waals surface area (Å²) in [6, 6.07) is 14.2. The molecule has 2 N–H and O–H groups in total. The summed E-state index contributed by atoms with van der Waals surface area (Å²) in [7, 11) is 0. The van der Waals surface area contributed by atoms with Crippen molar-refractivity contribution < 1.29 is 9.18 Å². The highest BCUT2D eigenvalue weighted by Gasteiger charge is 2.02. The fourth-order valence-corrected chi connectivity index (χ4v) is 2.03. The maximum absolute atomic E-state index is 13.0. The van der Waals surface area contributed by atoms with Gasteiger partial charge in [-0.3, -0.25) is 4.79 Å². The Morgan fingerprint density at radius 2 is 1.95 bits per heavy atom. The number of benzene rings is 2. The van der Waals surface area contributed by atoms with Crippen LogP contribution in [0.3, 0.4) is 0 Å². The fourth-order valence-electron chi connectivity index (χ4n) is 2.03. The average molecular weight is 286 g/mol. The van der Waals surface area contributed by atoms with Crippen LogP contribution < -0.4 is 10.6 Å². The number of amides is 1. The van der Waals surface area contributed by atoms with Crippen LogP contribution in [-0.2, 0) is 11.3 Å². The average Bonchev–Trinajstić information content (AvgIpc) is 2.45. The number of carbonyl (C=O) groups excluding carboxylic acids is 1. The van der Waals surface area contributed by atoms with Crippen molar-refractivity contribution in [2.45, 2.75) is 19.9 Å². The first-order valence-corrected chi connectivity index (χ1v) is 6.95. The number of carbonyl (C=O) groups is 1. The van der Waals surface area contributed by atoms with Crippen LogP contribution in [0, 0.1) is 12.7 Å². The minimum absolute atomic E-state index is 0.0274. The van der Waals surface area contributed by atoms with Crippen LogP contribution in [0.1, 0.15) is 17.5 Å². The summed E-state index contributed by atoms with van der Waals surface area (Å²) in [5.74, 6) is -0.315. The summed E-state index contributed by atoms with van der Waals surface area (Å²) in [6.07, 6.45) is 0.350. The topological polar surface area (TPSA) is 41.1 Å². The van der Waals surface area contributed by atoms with Crippen molar-refractivity contribution in [3.63, 3.8) is 0 Å². The van der Waals surface area contributed by atoms with Crippen molar-refractivity contribution in [2.24, 2.45) is 0 Å². The van der Waals surface area contributed by atoms with E-state index < -0.39 is 0 Å². The normalized spacial score (nSPS) is 10.2. The van der Waals surface area contributed by atoms with E-state index in [1.807, 2.05) is 31.2 Å². The Labute approximate surface area is 124 Å². The van der Waals surface area contributed by atoms with Crippen LogP contribution in [0.15, 0.2) is 48.5 Å². The lowest BCUT2D eigenvalue weighted by atomic mass is 10.1. The highest BCUT2D eigenvalue weighted by atomic mass is 19.1. The summed E-state index contributed by atoms with van der Waals surface area (Å²) in [5.41, 5.74) is 2.94. The zero-order valence-corrected chi connectivity index (χ0v) is 12.0. The van der Waals surface area contributed by atoms with E-state index in [1.54, 1.807) is 12.1 Å². The molecule has 0 saturated heterocycles. The summed E-state index contributed by atoms with van der Waals surface area (Å²) >= 11 is 0. The van der Waals surface area contributed by atoms with E-state index in [-0.39, 0.29) is 11.7 Å². The lowest BCUT2D eigenvalue weighted by molar-refractivity contribution is -0.121. The molecule has 0 aliphatic rings. The molecule has 0 aliphatic heterocycles.